The Kier molecular flexibility index (Phi) is 11.1. The van der Waals surface area contributed by atoms with Crippen molar-refractivity contribution in [2.75, 3.05) is 6.61 Å². The first-order chi connectivity index (χ1) is 23.2. The number of para-hydroxylation sites is 1. The number of hydrogen-bond acceptors (Lipinski definition) is 11. The van der Waals surface area contributed by atoms with E-state index in [0.29, 0.717) is 11.1 Å². The highest BCUT2D eigenvalue weighted by Crippen LogP contribution is 2.42. The number of carbonyl (C=O) groups excluding carboxylic acids is 1. The number of aliphatic hydroxyl groups is 2. The summed E-state index contributed by atoms with van der Waals surface area (Å²) in [6.07, 6.45) is -4.54. The van der Waals surface area contributed by atoms with Crippen molar-refractivity contribution >= 4 is 14.1 Å². The molecule has 3 N–H and O–H groups in total. The predicted octanol–water partition coefficient (Wildman–Crippen LogP) is 3.12. The summed E-state index contributed by atoms with van der Waals surface area (Å²) in [4.78, 5) is 49.1. The van der Waals surface area contributed by atoms with E-state index < -0.39 is 62.2 Å². The molecule has 6 atom stereocenters. The molecular formula is C31H30N6O10P+. The monoisotopic (exact) mass is 677 g/mol. The van der Waals surface area contributed by atoms with Gasteiger partial charge in [0.15, 0.2) is 18.0 Å². The molecule has 1 aromatic heterocycles. The number of ether oxygens (including phenoxy) is 2. The number of carbonyl (C=O) groups is 1. The van der Waals surface area contributed by atoms with Gasteiger partial charge in [-0.25, -0.2) is 4.79 Å². The molecule has 0 spiro atoms. The molecule has 1 saturated heterocycles. The summed E-state index contributed by atoms with van der Waals surface area (Å²) in [5, 5.41) is 25.2. The summed E-state index contributed by atoms with van der Waals surface area (Å²) in [7, 11) is -3.18. The van der Waals surface area contributed by atoms with E-state index in [1.165, 1.54) is 0 Å². The van der Waals surface area contributed by atoms with E-state index in [4.69, 9.17) is 18.8 Å². The van der Waals surface area contributed by atoms with Crippen molar-refractivity contribution in [2.24, 2.45) is 5.11 Å². The van der Waals surface area contributed by atoms with Crippen molar-refractivity contribution in [3.05, 3.63) is 146 Å². The molecule has 48 heavy (non-hydrogen) atoms. The first kappa shape index (κ1) is 34.2. The molecule has 2 heterocycles. The Bertz CT molecular complexity index is 1870. The van der Waals surface area contributed by atoms with Gasteiger partial charge in [-0.3, -0.25) is 19.1 Å². The summed E-state index contributed by atoms with van der Waals surface area (Å²) < 4.78 is 31.6. The average Bonchev–Trinajstić information content (AvgIpc) is 3.34. The van der Waals surface area contributed by atoms with Crippen LogP contribution in [0, 0.1) is 0 Å². The summed E-state index contributed by atoms with van der Waals surface area (Å²) >= 11 is 0. The van der Waals surface area contributed by atoms with Gasteiger partial charge < -0.3 is 24.5 Å². The molecule has 248 valence electrons. The lowest BCUT2D eigenvalue weighted by Crippen LogP contribution is -2.46. The topological polar surface area (TPSA) is 218 Å². The molecule has 3 aromatic carbocycles. The van der Waals surface area contributed by atoms with Crippen LogP contribution in [0.5, 0.6) is 5.75 Å². The molecule has 0 radical (unpaired) electrons. The zero-order valence-corrected chi connectivity index (χ0v) is 26.0. The lowest BCUT2D eigenvalue weighted by atomic mass is 10.1. The first-order valence-electron chi connectivity index (χ1n) is 14.5. The summed E-state index contributed by atoms with van der Waals surface area (Å²) in [5.74, 6) is -0.617. The second kappa shape index (κ2) is 15.6. The number of benzene rings is 3. The Morgan fingerprint density at radius 1 is 1.02 bits per heavy atom. The van der Waals surface area contributed by atoms with Gasteiger partial charge in [0.25, 0.3) is 5.56 Å². The number of aliphatic hydroxyl groups excluding tert-OH is 2. The quantitative estimate of drug-likeness (QED) is 0.0440. The first-order valence-corrected chi connectivity index (χ1v) is 15.6. The van der Waals surface area contributed by atoms with Crippen LogP contribution in [0.4, 0.5) is 0 Å². The van der Waals surface area contributed by atoms with Crippen LogP contribution in [0.3, 0.4) is 0 Å². The van der Waals surface area contributed by atoms with Gasteiger partial charge in [-0.15, -0.1) is 4.52 Å². The minimum Gasteiger partial charge on any atom is -0.459 e. The number of H-pyrrole nitrogens is 1. The number of nitrogens with one attached hydrogen (secondary N) is 1. The molecule has 0 saturated carbocycles. The van der Waals surface area contributed by atoms with E-state index >= 15 is 0 Å². The molecule has 1 fully saturated rings. The molecule has 5 rings (SSSR count). The van der Waals surface area contributed by atoms with Crippen LogP contribution in [0.25, 0.3) is 10.4 Å². The maximum atomic E-state index is 14.0. The van der Waals surface area contributed by atoms with Gasteiger partial charge in [0, 0.05) is 23.6 Å². The molecule has 17 heteroatoms. The highest BCUT2D eigenvalue weighted by atomic mass is 31.1. The van der Waals surface area contributed by atoms with Crippen LogP contribution in [0.15, 0.2) is 118 Å². The predicted molar refractivity (Wildman–Crippen MR) is 168 cm³/mol. The highest BCUT2D eigenvalue weighted by molar-refractivity contribution is 7.36. The van der Waals surface area contributed by atoms with Crippen LogP contribution in [-0.2, 0) is 36.4 Å². The van der Waals surface area contributed by atoms with Gasteiger partial charge in [0.05, 0.1) is 0 Å². The molecule has 0 amide bonds. The normalized spacial score (nSPS) is 21.2. The van der Waals surface area contributed by atoms with Crippen molar-refractivity contribution in [1.29, 1.82) is 0 Å². The van der Waals surface area contributed by atoms with E-state index in [0.717, 1.165) is 21.7 Å². The molecule has 0 bridgehead atoms. The Morgan fingerprint density at radius 3 is 2.27 bits per heavy atom. The van der Waals surface area contributed by atoms with Gasteiger partial charge >= 0.3 is 19.8 Å². The summed E-state index contributed by atoms with van der Waals surface area (Å²) in [5.41, 5.74) is 6.59. The largest absolute Gasteiger partial charge is 0.653 e. The minimum absolute atomic E-state index is 0.0394. The van der Waals surface area contributed by atoms with Crippen molar-refractivity contribution < 1.29 is 38.4 Å². The van der Waals surface area contributed by atoms with E-state index in [1.54, 1.807) is 84.9 Å². The number of esters is 1. The zero-order valence-electron chi connectivity index (χ0n) is 25.1. The van der Waals surface area contributed by atoms with Gasteiger partial charge in [-0.2, -0.15) is 0 Å². The van der Waals surface area contributed by atoms with Gasteiger partial charge in [-0.1, -0.05) is 84.0 Å². The molecule has 0 aliphatic carbocycles. The molecule has 1 aliphatic rings. The van der Waals surface area contributed by atoms with Crippen molar-refractivity contribution in [3.63, 3.8) is 0 Å². The third kappa shape index (κ3) is 8.02. The SMILES string of the molecule is [N-]=[N+]=N[C@]1(CO[P+](=O)N(Oc2ccccc2)C(Cc2ccccc2)C(=O)OCc2ccccc2)O[C@@H](n2ccc(=O)[nH]c2=O)[C@H](O)[C@@H]1O. The number of rotatable bonds is 14. The Labute approximate surface area is 273 Å². The number of hydroxylamine groups is 1. The fourth-order valence-corrected chi connectivity index (χ4v) is 5.82. The standard InChI is InChI=1S/C31H29N6O10P/c32-35-34-31(27(40)26(39)28(46-31)36-17-16-25(38)33-30(36)42)20-45-48(43)37(47-23-14-8-3-9-15-23)24(18-21-10-4-1-5-11-21)29(41)44-19-22-12-6-2-7-13-22/h1-17,24,26-28,39-40H,18-20H2/p+1/t24?,26-,27+,28-,31-/m1/s1. The smallest absolute Gasteiger partial charge is 0.459 e. The molecule has 1 aliphatic heterocycles. The lowest BCUT2D eigenvalue weighted by molar-refractivity contribution is -0.158. The van der Waals surface area contributed by atoms with Gasteiger partial charge in [0.2, 0.25) is 5.72 Å². The number of aromatic nitrogens is 2. The Morgan fingerprint density at radius 2 is 1.65 bits per heavy atom. The van der Waals surface area contributed by atoms with E-state index in [2.05, 4.69) is 10.0 Å². The van der Waals surface area contributed by atoms with Crippen LogP contribution < -0.4 is 16.1 Å². The number of nitrogens with zero attached hydrogens (tertiary/aromatic N) is 5. The van der Waals surface area contributed by atoms with Crippen molar-refractivity contribution in [1.82, 2.24) is 14.4 Å². The Hall–Kier alpha value is -5.18. The van der Waals surface area contributed by atoms with Gasteiger partial charge in [-0.05, 0) is 33.4 Å². The van der Waals surface area contributed by atoms with Crippen LogP contribution in [-0.4, -0.2) is 61.1 Å². The van der Waals surface area contributed by atoms with Gasteiger partial charge in [0.1, 0.15) is 30.3 Å². The molecule has 4 aromatic rings. The van der Waals surface area contributed by atoms with E-state index in [1.807, 2.05) is 11.1 Å². The minimum atomic E-state index is -3.18. The second-order valence-corrected chi connectivity index (χ2v) is 11.6. The van der Waals surface area contributed by atoms with Crippen LogP contribution >= 0.6 is 8.18 Å². The zero-order chi connectivity index (χ0) is 34.1. The molecule has 2 unspecified atom stereocenters. The fraction of sp³-hybridized carbons (Fsp3) is 0.258. The fourth-order valence-electron chi connectivity index (χ4n) is 4.85. The lowest BCUT2D eigenvalue weighted by Gasteiger charge is -2.25. The highest BCUT2D eigenvalue weighted by Gasteiger charge is 2.58. The van der Waals surface area contributed by atoms with Crippen molar-refractivity contribution in [3.8, 4) is 5.75 Å². The average molecular weight is 678 g/mol. The Balaban J connectivity index is 1.44. The van der Waals surface area contributed by atoms with E-state index in [9.17, 15) is 34.7 Å². The maximum Gasteiger partial charge on any atom is 0.653 e. The summed E-state index contributed by atoms with van der Waals surface area (Å²) in [6.45, 7) is -1.03. The molecule has 16 nitrogen and oxygen atoms in total. The van der Waals surface area contributed by atoms with E-state index in [-0.39, 0.29) is 18.8 Å². The third-order valence-electron chi connectivity index (χ3n) is 7.26. The van der Waals surface area contributed by atoms with Crippen LogP contribution in [0.1, 0.15) is 17.4 Å². The number of azide groups is 1. The molecular weight excluding hydrogens is 647 g/mol. The summed E-state index contributed by atoms with van der Waals surface area (Å²) in [6, 6.07) is 25.5. The van der Waals surface area contributed by atoms with Crippen LogP contribution in [0.2, 0.25) is 0 Å². The number of aromatic amines is 1. The second-order valence-electron chi connectivity index (χ2n) is 10.5. The maximum absolute atomic E-state index is 14.0. The number of hydrogen-bond donors (Lipinski definition) is 3. The third-order valence-corrected chi connectivity index (χ3v) is 8.29. The van der Waals surface area contributed by atoms with Crippen molar-refractivity contribution in [2.45, 2.75) is 43.2 Å².